The van der Waals surface area contributed by atoms with Gasteiger partial charge >= 0.3 is 0 Å². The van der Waals surface area contributed by atoms with E-state index in [2.05, 4.69) is 11.8 Å². The fraction of sp³-hybridized carbons (Fsp3) is 0.611. The number of rotatable bonds is 4. The molecule has 2 nitrogen and oxygen atoms in total. The van der Waals surface area contributed by atoms with Crippen LogP contribution in [-0.4, -0.2) is 23.4 Å². The second kappa shape index (κ2) is 6.17. The number of benzene rings is 1. The van der Waals surface area contributed by atoms with Gasteiger partial charge in [-0.2, -0.15) is 0 Å². The number of hydrogen-bond donors (Lipinski definition) is 0. The average molecular weight is 289 g/mol. The Balaban J connectivity index is 1.67. The van der Waals surface area contributed by atoms with Crippen LogP contribution in [0.4, 0.5) is 4.39 Å². The third-order valence-corrected chi connectivity index (χ3v) is 5.05. The van der Waals surface area contributed by atoms with Crippen LogP contribution in [0.25, 0.3) is 0 Å². The first-order valence-electron chi connectivity index (χ1n) is 8.27. The predicted octanol–water partition coefficient (Wildman–Crippen LogP) is 4.11. The summed E-state index contributed by atoms with van der Waals surface area (Å²) in [5.74, 6) is 0.177. The molecule has 1 amide bonds. The number of carbonyl (C=O) groups is 1. The van der Waals surface area contributed by atoms with Crippen molar-refractivity contribution in [3.8, 4) is 0 Å². The zero-order valence-corrected chi connectivity index (χ0v) is 12.7. The Morgan fingerprint density at radius 3 is 2.62 bits per heavy atom. The molecule has 2 unspecified atom stereocenters. The van der Waals surface area contributed by atoms with E-state index in [4.69, 9.17) is 0 Å². The topological polar surface area (TPSA) is 20.3 Å². The number of halogens is 1. The van der Waals surface area contributed by atoms with Crippen LogP contribution in [0.15, 0.2) is 24.3 Å². The van der Waals surface area contributed by atoms with Crippen LogP contribution in [0.2, 0.25) is 0 Å². The van der Waals surface area contributed by atoms with Crippen LogP contribution in [-0.2, 0) is 4.79 Å². The van der Waals surface area contributed by atoms with Crippen molar-refractivity contribution in [2.24, 2.45) is 5.92 Å². The number of nitrogens with zero attached hydrogens (tertiary/aromatic N) is 1. The molecule has 0 N–H and O–H groups in total. The summed E-state index contributed by atoms with van der Waals surface area (Å²) in [4.78, 5) is 14.8. The highest BCUT2D eigenvalue weighted by Crippen LogP contribution is 2.49. The molecule has 0 aliphatic heterocycles. The highest BCUT2D eigenvalue weighted by molar-refractivity contribution is 5.83. The van der Waals surface area contributed by atoms with Gasteiger partial charge in [0, 0.05) is 18.5 Å². The molecule has 0 spiro atoms. The molecule has 3 heteroatoms. The van der Waals surface area contributed by atoms with Crippen molar-refractivity contribution < 1.29 is 9.18 Å². The van der Waals surface area contributed by atoms with E-state index >= 15 is 0 Å². The molecule has 0 heterocycles. The Hall–Kier alpha value is -1.38. The van der Waals surface area contributed by atoms with E-state index in [1.165, 1.54) is 25.3 Å². The molecule has 0 aromatic heterocycles. The minimum atomic E-state index is -0.168. The lowest BCUT2D eigenvalue weighted by atomic mass is 9.93. The van der Waals surface area contributed by atoms with E-state index in [9.17, 15) is 9.18 Å². The average Bonchev–Trinajstić information content (AvgIpc) is 3.30. The normalized spacial score (nSPS) is 25.6. The van der Waals surface area contributed by atoms with Crippen molar-refractivity contribution in [3.63, 3.8) is 0 Å². The molecule has 2 fully saturated rings. The fourth-order valence-corrected chi connectivity index (χ4v) is 3.79. The van der Waals surface area contributed by atoms with Crippen molar-refractivity contribution in [2.75, 3.05) is 6.54 Å². The summed E-state index contributed by atoms with van der Waals surface area (Å²) in [6.45, 7) is 2.84. The van der Waals surface area contributed by atoms with E-state index in [0.717, 1.165) is 31.4 Å². The lowest BCUT2D eigenvalue weighted by Crippen LogP contribution is -2.42. The molecule has 0 radical (unpaired) electrons. The monoisotopic (exact) mass is 289 g/mol. The minimum absolute atomic E-state index is 0.00350. The maximum absolute atomic E-state index is 13.8. The Kier molecular flexibility index (Phi) is 4.27. The van der Waals surface area contributed by atoms with Gasteiger partial charge in [0.05, 0.1) is 0 Å². The number of carbonyl (C=O) groups excluding carboxylic acids is 1. The molecule has 21 heavy (non-hydrogen) atoms. The first-order chi connectivity index (χ1) is 10.2. The molecule has 1 aromatic carbocycles. The Morgan fingerprint density at radius 2 is 1.95 bits per heavy atom. The van der Waals surface area contributed by atoms with Gasteiger partial charge in [0.15, 0.2) is 0 Å². The summed E-state index contributed by atoms with van der Waals surface area (Å²) in [6.07, 6.45) is 6.84. The molecule has 0 saturated heterocycles. The molecular weight excluding hydrogens is 265 g/mol. The van der Waals surface area contributed by atoms with Gasteiger partial charge in [-0.25, -0.2) is 4.39 Å². The quantitative estimate of drug-likeness (QED) is 0.817. The maximum atomic E-state index is 13.8. The van der Waals surface area contributed by atoms with Crippen molar-refractivity contribution in [3.05, 3.63) is 35.6 Å². The highest BCUT2D eigenvalue weighted by Gasteiger charge is 2.47. The highest BCUT2D eigenvalue weighted by atomic mass is 19.1. The zero-order chi connectivity index (χ0) is 14.8. The van der Waals surface area contributed by atoms with Crippen LogP contribution in [0.1, 0.15) is 56.9 Å². The van der Waals surface area contributed by atoms with Crippen molar-refractivity contribution >= 4 is 5.91 Å². The van der Waals surface area contributed by atoms with Gasteiger partial charge < -0.3 is 4.90 Å². The van der Waals surface area contributed by atoms with E-state index in [0.29, 0.717) is 6.04 Å². The maximum Gasteiger partial charge on any atom is 0.226 e. The molecule has 0 bridgehead atoms. The summed E-state index contributed by atoms with van der Waals surface area (Å²) in [6, 6.07) is 7.30. The van der Waals surface area contributed by atoms with Crippen LogP contribution in [0, 0.1) is 11.7 Å². The van der Waals surface area contributed by atoms with Gasteiger partial charge in [0.2, 0.25) is 5.91 Å². The van der Waals surface area contributed by atoms with Crippen molar-refractivity contribution in [1.82, 2.24) is 4.90 Å². The largest absolute Gasteiger partial charge is 0.340 e. The third-order valence-electron chi connectivity index (χ3n) is 5.05. The van der Waals surface area contributed by atoms with Gasteiger partial charge in [0.1, 0.15) is 5.82 Å². The number of hydrogen-bond acceptors (Lipinski definition) is 1. The minimum Gasteiger partial charge on any atom is -0.340 e. The number of amides is 1. The molecular formula is C18H24FNO. The van der Waals surface area contributed by atoms with Gasteiger partial charge in [-0.15, -0.1) is 0 Å². The summed E-state index contributed by atoms with van der Waals surface area (Å²) in [7, 11) is 0. The summed E-state index contributed by atoms with van der Waals surface area (Å²) < 4.78 is 13.8. The SMILES string of the molecule is CCN(C(=O)C1CC1c1ccccc1F)C1CCCCC1. The van der Waals surface area contributed by atoms with Gasteiger partial charge in [-0.05, 0) is 43.7 Å². The van der Waals surface area contributed by atoms with Crippen LogP contribution in [0.3, 0.4) is 0 Å². The Labute approximate surface area is 126 Å². The zero-order valence-electron chi connectivity index (χ0n) is 12.7. The van der Waals surface area contributed by atoms with Gasteiger partial charge in [0.25, 0.3) is 0 Å². The molecule has 2 aliphatic carbocycles. The summed E-state index contributed by atoms with van der Waals surface area (Å²) in [5, 5.41) is 0. The second-order valence-corrected chi connectivity index (χ2v) is 6.39. The van der Waals surface area contributed by atoms with E-state index in [1.807, 2.05) is 12.1 Å². The van der Waals surface area contributed by atoms with Crippen molar-refractivity contribution in [1.29, 1.82) is 0 Å². The van der Waals surface area contributed by atoms with E-state index in [-0.39, 0.29) is 23.6 Å². The van der Waals surface area contributed by atoms with Gasteiger partial charge in [-0.3, -0.25) is 4.79 Å². The molecule has 2 aliphatic rings. The molecule has 2 saturated carbocycles. The van der Waals surface area contributed by atoms with Crippen LogP contribution >= 0.6 is 0 Å². The van der Waals surface area contributed by atoms with Crippen LogP contribution in [0.5, 0.6) is 0 Å². The Bertz CT molecular complexity index is 510. The summed E-state index contributed by atoms with van der Waals surface area (Å²) in [5.41, 5.74) is 0.718. The van der Waals surface area contributed by atoms with E-state index < -0.39 is 0 Å². The smallest absolute Gasteiger partial charge is 0.226 e. The molecule has 2 atom stereocenters. The first-order valence-corrected chi connectivity index (χ1v) is 8.27. The first kappa shape index (κ1) is 14.6. The second-order valence-electron chi connectivity index (χ2n) is 6.39. The molecule has 3 rings (SSSR count). The van der Waals surface area contributed by atoms with E-state index in [1.54, 1.807) is 6.07 Å². The lowest BCUT2D eigenvalue weighted by Gasteiger charge is -2.34. The van der Waals surface area contributed by atoms with Gasteiger partial charge in [-0.1, -0.05) is 37.5 Å². The summed E-state index contributed by atoms with van der Waals surface area (Å²) >= 11 is 0. The standard InChI is InChI=1S/C18H24FNO/c1-2-20(13-8-4-3-5-9-13)18(21)16-12-15(16)14-10-6-7-11-17(14)19/h6-7,10-11,13,15-16H,2-5,8-9,12H2,1H3. The predicted molar refractivity (Wildman–Crippen MR) is 81.5 cm³/mol. The Morgan fingerprint density at radius 1 is 1.24 bits per heavy atom. The lowest BCUT2D eigenvalue weighted by molar-refractivity contribution is -0.135. The van der Waals surface area contributed by atoms with Crippen molar-refractivity contribution in [2.45, 2.75) is 57.4 Å². The van der Waals surface area contributed by atoms with Crippen LogP contribution < -0.4 is 0 Å². The third kappa shape index (κ3) is 2.97. The fourth-order valence-electron chi connectivity index (χ4n) is 3.79. The molecule has 114 valence electrons. The molecule has 1 aromatic rings.